The Morgan fingerprint density at radius 2 is 0.639 bits per heavy atom. The predicted octanol–water partition coefficient (Wildman–Crippen LogP) is 20.8. The molecule has 0 saturated heterocycles. The Bertz CT molecular complexity index is 1080. The summed E-state index contributed by atoms with van der Waals surface area (Å²) in [5.41, 5.74) is 0. The van der Waals surface area contributed by atoms with Crippen LogP contribution in [0.3, 0.4) is 0 Å². The summed E-state index contributed by atoms with van der Waals surface area (Å²) in [4.78, 5) is 24.5. The van der Waals surface area contributed by atoms with Gasteiger partial charge in [-0.15, -0.1) is 0 Å². The zero-order valence-corrected chi connectivity index (χ0v) is 48.9. The predicted molar refractivity (Wildman–Crippen MR) is 315 cm³/mol. The standard InChI is InChI=1S/C66H129NO5/c1-3-5-7-9-11-13-15-16-36-40-44-48-52-56-60-66(71)72-61-57-53-49-45-41-37-34-32-30-28-26-24-22-20-18-17-19-21-23-25-27-29-31-33-35-39-43-47-51-55-59-65(70)67-63(62-68)64(69)58-54-50-46-42-38-14-12-10-8-6-4-2/h54,58,63-64,68-69H,3-53,55-57,59-62H2,1-2H3,(H,67,70)/b58-54+. The fourth-order valence-electron chi connectivity index (χ4n) is 10.5. The van der Waals surface area contributed by atoms with E-state index < -0.39 is 12.1 Å². The third-order valence-electron chi connectivity index (χ3n) is 15.6. The van der Waals surface area contributed by atoms with Crippen LogP contribution < -0.4 is 5.32 Å². The molecular weight excluding hydrogens is 887 g/mol. The van der Waals surface area contributed by atoms with Crippen molar-refractivity contribution in [2.45, 2.75) is 386 Å². The first kappa shape index (κ1) is 70.6. The lowest BCUT2D eigenvalue weighted by Gasteiger charge is -2.20. The largest absolute Gasteiger partial charge is 0.466 e. The molecule has 0 rings (SSSR count). The maximum atomic E-state index is 12.4. The average Bonchev–Trinajstić information content (AvgIpc) is 3.38. The topological polar surface area (TPSA) is 95.9 Å². The average molecular weight is 1020 g/mol. The maximum Gasteiger partial charge on any atom is 0.305 e. The van der Waals surface area contributed by atoms with E-state index in [9.17, 15) is 19.8 Å². The fourth-order valence-corrected chi connectivity index (χ4v) is 10.5. The third-order valence-corrected chi connectivity index (χ3v) is 15.6. The highest BCUT2D eigenvalue weighted by Crippen LogP contribution is 2.19. The van der Waals surface area contributed by atoms with E-state index in [0.29, 0.717) is 19.4 Å². The second kappa shape index (κ2) is 62.1. The van der Waals surface area contributed by atoms with Gasteiger partial charge in [-0.1, -0.05) is 341 Å². The molecule has 3 N–H and O–H groups in total. The Morgan fingerprint density at radius 3 is 0.944 bits per heavy atom. The quantitative estimate of drug-likeness (QED) is 0.0320. The number of allylic oxidation sites excluding steroid dienone is 1. The molecule has 428 valence electrons. The van der Waals surface area contributed by atoms with E-state index in [1.54, 1.807) is 6.08 Å². The lowest BCUT2D eigenvalue weighted by Crippen LogP contribution is -2.45. The second-order valence-corrected chi connectivity index (χ2v) is 22.8. The van der Waals surface area contributed by atoms with Gasteiger partial charge in [-0.05, 0) is 32.1 Å². The molecule has 6 heteroatoms. The minimum Gasteiger partial charge on any atom is -0.466 e. The number of carbonyl (C=O) groups is 2. The second-order valence-electron chi connectivity index (χ2n) is 22.8. The first-order valence-corrected chi connectivity index (χ1v) is 33.0. The van der Waals surface area contributed by atoms with Crippen molar-refractivity contribution in [3.63, 3.8) is 0 Å². The highest BCUT2D eigenvalue weighted by atomic mass is 16.5. The molecule has 0 fully saturated rings. The molecule has 0 aromatic carbocycles. The summed E-state index contributed by atoms with van der Waals surface area (Å²) in [6.45, 7) is 4.92. The molecule has 1 amide bonds. The van der Waals surface area contributed by atoms with Crippen LogP contribution in [0.5, 0.6) is 0 Å². The van der Waals surface area contributed by atoms with E-state index in [-0.39, 0.29) is 18.5 Å². The first-order valence-electron chi connectivity index (χ1n) is 33.0. The summed E-state index contributed by atoms with van der Waals surface area (Å²) in [6, 6.07) is -0.622. The van der Waals surface area contributed by atoms with Gasteiger partial charge in [-0.3, -0.25) is 9.59 Å². The Hall–Kier alpha value is -1.40. The van der Waals surface area contributed by atoms with Crippen LogP contribution >= 0.6 is 0 Å². The number of esters is 1. The van der Waals surface area contributed by atoms with E-state index in [1.165, 1.54) is 308 Å². The van der Waals surface area contributed by atoms with Crippen LogP contribution in [0.4, 0.5) is 0 Å². The van der Waals surface area contributed by atoms with E-state index >= 15 is 0 Å². The normalized spacial score (nSPS) is 12.6. The lowest BCUT2D eigenvalue weighted by atomic mass is 10.0. The van der Waals surface area contributed by atoms with Crippen LogP contribution in [-0.4, -0.2) is 47.4 Å². The molecule has 2 atom stereocenters. The summed E-state index contributed by atoms with van der Waals surface area (Å²) in [6.07, 6.45) is 75.7. The Balaban J connectivity index is 3.31. The molecule has 0 aliphatic heterocycles. The van der Waals surface area contributed by atoms with Crippen LogP contribution in [0, 0.1) is 0 Å². The van der Waals surface area contributed by atoms with Crippen molar-refractivity contribution >= 4 is 11.9 Å². The number of nitrogens with one attached hydrogen (secondary N) is 1. The van der Waals surface area contributed by atoms with Gasteiger partial charge in [0, 0.05) is 12.8 Å². The van der Waals surface area contributed by atoms with Gasteiger partial charge in [0.05, 0.1) is 25.4 Å². The number of aliphatic hydroxyl groups is 2. The van der Waals surface area contributed by atoms with Crippen molar-refractivity contribution in [3.05, 3.63) is 12.2 Å². The zero-order valence-electron chi connectivity index (χ0n) is 48.9. The van der Waals surface area contributed by atoms with Crippen molar-refractivity contribution in [1.82, 2.24) is 5.32 Å². The number of amides is 1. The third kappa shape index (κ3) is 57.9. The number of hydrogen-bond donors (Lipinski definition) is 3. The number of aliphatic hydroxyl groups excluding tert-OH is 2. The van der Waals surface area contributed by atoms with Crippen molar-refractivity contribution in [3.8, 4) is 0 Å². The Morgan fingerprint density at radius 1 is 0.375 bits per heavy atom. The monoisotopic (exact) mass is 1020 g/mol. The summed E-state index contributed by atoms with van der Waals surface area (Å²) in [5, 5.41) is 23.0. The van der Waals surface area contributed by atoms with Gasteiger partial charge in [0.1, 0.15) is 0 Å². The summed E-state index contributed by atoms with van der Waals surface area (Å²) >= 11 is 0. The van der Waals surface area contributed by atoms with Gasteiger partial charge in [0.15, 0.2) is 0 Å². The van der Waals surface area contributed by atoms with Gasteiger partial charge in [-0.2, -0.15) is 0 Å². The zero-order chi connectivity index (χ0) is 52.2. The molecule has 0 aliphatic carbocycles. The van der Waals surface area contributed by atoms with Gasteiger partial charge >= 0.3 is 5.97 Å². The number of carbonyl (C=O) groups excluding carboxylic acids is 2. The fraction of sp³-hybridized carbons (Fsp3) is 0.939. The van der Waals surface area contributed by atoms with Gasteiger partial charge < -0.3 is 20.3 Å². The molecular formula is C66H129NO5. The molecule has 0 spiro atoms. The Kier molecular flexibility index (Phi) is 60.9. The summed E-state index contributed by atoms with van der Waals surface area (Å²) < 4.78 is 5.49. The molecule has 0 saturated carbocycles. The number of unbranched alkanes of at least 4 members (excludes halogenated alkanes) is 51. The van der Waals surface area contributed by atoms with Gasteiger partial charge in [0.25, 0.3) is 0 Å². The summed E-state index contributed by atoms with van der Waals surface area (Å²) in [5.74, 6) is -0.0409. The molecule has 0 aliphatic rings. The molecule has 0 heterocycles. The maximum absolute atomic E-state index is 12.4. The molecule has 0 bridgehead atoms. The minimum absolute atomic E-state index is 0.0226. The highest BCUT2D eigenvalue weighted by Gasteiger charge is 2.18. The minimum atomic E-state index is -0.839. The number of rotatable bonds is 62. The highest BCUT2D eigenvalue weighted by molar-refractivity contribution is 5.76. The van der Waals surface area contributed by atoms with Crippen molar-refractivity contribution < 1.29 is 24.5 Å². The summed E-state index contributed by atoms with van der Waals surface area (Å²) in [7, 11) is 0. The van der Waals surface area contributed by atoms with Crippen LogP contribution in [0.25, 0.3) is 0 Å². The molecule has 0 radical (unpaired) electrons. The first-order chi connectivity index (χ1) is 35.5. The van der Waals surface area contributed by atoms with Gasteiger partial charge in [0.2, 0.25) is 5.91 Å². The van der Waals surface area contributed by atoms with Crippen molar-refractivity contribution in [2.75, 3.05) is 13.2 Å². The molecule has 6 nitrogen and oxygen atoms in total. The van der Waals surface area contributed by atoms with Crippen LogP contribution in [0.15, 0.2) is 12.2 Å². The lowest BCUT2D eigenvalue weighted by molar-refractivity contribution is -0.143. The van der Waals surface area contributed by atoms with Crippen LogP contribution in [0.2, 0.25) is 0 Å². The van der Waals surface area contributed by atoms with Crippen LogP contribution in [-0.2, 0) is 14.3 Å². The molecule has 2 unspecified atom stereocenters. The number of hydrogen-bond acceptors (Lipinski definition) is 5. The smallest absolute Gasteiger partial charge is 0.305 e. The molecule has 0 aromatic rings. The van der Waals surface area contributed by atoms with Crippen molar-refractivity contribution in [1.29, 1.82) is 0 Å². The number of ether oxygens (including phenoxy) is 1. The van der Waals surface area contributed by atoms with E-state index in [0.717, 1.165) is 38.5 Å². The van der Waals surface area contributed by atoms with E-state index in [4.69, 9.17) is 4.74 Å². The van der Waals surface area contributed by atoms with E-state index in [1.807, 2.05) is 6.08 Å². The van der Waals surface area contributed by atoms with Crippen LogP contribution in [0.1, 0.15) is 373 Å². The Labute approximate surface area is 450 Å². The van der Waals surface area contributed by atoms with Crippen molar-refractivity contribution in [2.24, 2.45) is 0 Å². The van der Waals surface area contributed by atoms with E-state index in [2.05, 4.69) is 19.2 Å². The SMILES string of the molecule is CCCCCCCCCCC/C=C/C(O)C(CO)NC(=O)CCCCCCCCCCCCCCCCCCCCCCCCCCCCCCCCOC(=O)CCCCCCCCCCCCCCCC. The molecule has 0 aromatic heterocycles. The van der Waals surface area contributed by atoms with Gasteiger partial charge in [-0.25, -0.2) is 0 Å². The molecule has 72 heavy (non-hydrogen) atoms.